The van der Waals surface area contributed by atoms with Crippen molar-refractivity contribution in [1.82, 2.24) is 4.98 Å². The lowest BCUT2D eigenvalue weighted by atomic mass is 9.83. The number of nitrogens with zero attached hydrogens (tertiary/aromatic N) is 4. The van der Waals surface area contributed by atoms with E-state index in [-0.39, 0.29) is 0 Å². The summed E-state index contributed by atoms with van der Waals surface area (Å²) in [6.45, 7) is 0. The van der Waals surface area contributed by atoms with Crippen molar-refractivity contribution in [1.29, 1.82) is 5.26 Å². The first-order valence-electron chi connectivity index (χ1n) is 12.5. The Morgan fingerprint density at radius 3 is 2.50 bits per heavy atom. The average molecular weight is 594 g/mol. The Bertz CT molecular complexity index is 1900. The fourth-order valence-electron chi connectivity index (χ4n) is 5.06. The topological polar surface area (TPSA) is 52.3 Å². The molecule has 7 rings (SSSR count). The SMILES string of the molecule is N#CC1=C2Sc3ccccc3N2C(N=Cc2ccccc2)=C(c2nc3ccccc3s2)[C@H]1c1ccc(Cl)cc1Cl. The average Bonchev–Trinajstić information content (AvgIpc) is 3.58. The van der Waals surface area contributed by atoms with Gasteiger partial charge < -0.3 is 0 Å². The molecule has 4 aromatic carbocycles. The van der Waals surface area contributed by atoms with Gasteiger partial charge in [-0.25, -0.2) is 9.98 Å². The molecule has 0 bridgehead atoms. The number of benzene rings is 4. The summed E-state index contributed by atoms with van der Waals surface area (Å²) in [5, 5.41) is 13.3. The van der Waals surface area contributed by atoms with Gasteiger partial charge in [-0.3, -0.25) is 4.90 Å². The van der Waals surface area contributed by atoms with Crippen LogP contribution in [0.4, 0.5) is 5.69 Å². The molecule has 0 unspecified atom stereocenters. The molecule has 0 spiro atoms. The number of para-hydroxylation sites is 2. The summed E-state index contributed by atoms with van der Waals surface area (Å²) in [5.41, 5.74) is 5.06. The summed E-state index contributed by atoms with van der Waals surface area (Å²) in [4.78, 5) is 13.3. The molecule has 2 aliphatic rings. The van der Waals surface area contributed by atoms with Crippen LogP contribution in [0.3, 0.4) is 0 Å². The van der Waals surface area contributed by atoms with Crippen molar-refractivity contribution in [3.8, 4) is 6.07 Å². The molecule has 40 heavy (non-hydrogen) atoms. The van der Waals surface area contributed by atoms with Gasteiger partial charge in [0.2, 0.25) is 0 Å². The Balaban J connectivity index is 1.57. The maximum Gasteiger partial charge on any atom is 0.145 e. The number of allylic oxidation sites excluding steroid dienone is 2. The molecule has 0 fully saturated rings. The van der Waals surface area contributed by atoms with E-state index in [1.165, 1.54) is 0 Å². The highest BCUT2D eigenvalue weighted by molar-refractivity contribution is 8.03. The van der Waals surface area contributed by atoms with E-state index in [0.29, 0.717) is 21.4 Å². The van der Waals surface area contributed by atoms with E-state index >= 15 is 0 Å². The number of rotatable bonds is 4. The van der Waals surface area contributed by atoms with Crippen LogP contribution in [-0.4, -0.2) is 11.2 Å². The molecule has 2 aliphatic heterocycles. The van der Waals surface area contributed by atoms with E-state index in [2.05, 4.69) is 29.2 Å². The van der Waals surface area contributed by atoms with Crippen LogP contribution in [0, 0.1) is 11.3 Å². The first kappa shape index (κ1) is 25.1. The number of fused-ring (bicyclic) bond motifs is 4. The van der Waals surface area contributed by atoms with E-state index in [1.54, 1.807) is 29.2 Å². The third kappa shape index (κ3) is 4.23. The van der Waals surface area contributed by atoms with Crippen LogP contribution < -0.4 is 4.90 Å². The van der Waals surface area contributed by atoms with Gasteiger partial charge in [-0.1, -0.05) is 95.6 Å². The van der Waals surface area contributed by atoms with Gasteiger partial charge in [0.15, 0.2) is 0 Å². The number of hydrogen-bond acceptors (Lipinski definition) is 6. The van der Waals surface area contributed by atoms with Gasteiger partial charge in [-0.05, 0) is 47.5 Å². The van der Waals surface area contributed by atoms with Crippen molar-refractivity contribution in [2.45, 2.75) is 10.8 Å². The molecule has 0 saturated carbocycles. The van der Waals surface area contributed by atoms with E-state index in [9.17, 15) is 5.26 Å². The third-order valence-corrected chi connectivity index (χ3v) is 9.62. The number of nitriles is 1. The summed E-state index contributed by atoms with van der Waals surface area (Å²) in [6, 6.07) is 34.2. The lowest BCUT2D eigenvalue weighted by Crippen LogP contribution is -2.27. The van der Waals surface area contributed by atoms with E-state index < -0.39 is 5.92 Å². The number of aliphatic imine (C=N–C) groups is 1. The van der Waals surface area contributed by atoms with Gasteiger partial charge in [-0.15, -0.1) is 11.3 Å². The van der Waals surface area contributed by atoms with Crippen LogP contribution in [0.5, 0.6) is 0 Å². The molecular formula is C32H18Cl2N4S2. The fourth-order valence-corrected chi connectivity index (χ4v) is 7.78. The zero-order valence-electron chi connectivity index (χ0n) is 20.8. The Labute approximate surface area is 249 Å². The predicted molar refractivity (Wildman–Crippen MR) is 167 cm³/mol. The zero-order chi connectivity index (χ0) is 27.2. The van der Waals surface area contributed by atoms with Crippen LogP contribution in [-0.2, 0) is 0 Å². The highest BCUT2D eigenvalue weighted by Crippen LogP contribution is 2.58. The van der Waals surface area contributed by atoms with Crippen LogP contribution in [0.15, 0.2) is 123 Å². The smallest absolute Gasteiger partial charge is 0.145 e. The quantitative estimate of drug-likeness (QED) is 0.195. The van der Waals surface area contributed by atoms with E-state index in [1.807, 2.05) is 79.0 Å². The molecular weight excluding hydrogens is 575 g/mol. The molecule has 4 nitrogen and oxygen atoms in total. The van der Waals surface area contributed by atoms with Crippen molar-refractivity contribution in [3.63, 3.8) is 0 Å². The van der Waals surface area contributed by atoms with E-state index in [0.717, 1.165) is 47.5 Å². The van der Waals surface area contributed by atoms with Crippen LogP contribution in [0.25, 0.3) is 15.8 Å². The molecule has 3 heterocycles. The van der Waals surface area contributed by atoms with Crippen LogP contribution >= 0.6 is 46.3 Å². The van der Waals surface area contributed by atoms with Gasteiger partial charge in [0, 0.05) is 26.7 Å². The predicted octanol–water partition coefficient (Wildman–Crippen LogP) is 9.54. The fraction of sp³-hybridized carbons (Fsp3) is 0.0312. The summed E-state index contributed by atoms with van der Waals surface area (Å²) < 4.78 is 1.06. The summed E-state index contributed by atoms with van der Waals surface area (Å²) in [7, 11) is 0. The Morgan fingerprint density at radius 1 is 0.925 bits per heavy atom. The van der Waals surface area contributed by atoms with Crippen molar-refractivity contribution in [3.05, 3.63) is 140 Å². The standard InChI is InChI=1S/C32H18Cl2N4S2/c33-20-14-15-21(23(34)16-20)28-22(17-35)32-38(25-11-5-7-13-27(25)40-32)30(36-18-19-8-2-1-3-9-19)29(28)31-37-24-10-4-6-12-26(24)39-31/h1-16,18,28H/t28-/m0/s1. The van der Waals surface area contributed by atoms with Crippen LogP contribution in [0.2, 0.25) is 10.0 Å². The number of aromatic nitrogens is 1. The molecule has 192 valence electrons. The second-order valence-corrected chi connectivity index (χ2v) is 12.1. The molecule has 0 amide bonds. The number of anilines is 1. The zero-order valence-corrected chi connectivity index (χ0v) is 23.9. The Kier molecular flexibility index (Phi) is 6.45. The minimum atomic E-state index is -0.494. The third-order valence-electron chi connectivity index (χ3n) is 6.83. The molecule has 0 radical (unpaired) electrons. The normalized spacial score (nSPS) is 16.5. The molecule has 1 atom stereocenters. The van der Waals surface area contributed by atoms with Gasteiger partial charge in [0.25, 0.3) is 0 Å². The first-order valence-corrected chi connectivity index (χ1v) is 14.9. The second kappa shape index (κ2) is 10.3. The molecule has 0 N–H and O–H groups in total. The molecule has 8 heteroatoms. The highest BCUT2D eigenvalue weighted by atomic mass is 35.5. The van der Waals surface area contributed by atoms with Gasteiger partial charge >= 0.3 is 0 Å². The van der Waals surface area contributed by atoms with Gasteiger partial charge in [0.1, 0.15) is 15.9 Å². The van der Waals surface area contributed by atoms with Crippen molar-refractivity contribution < 1.29 is 0 Å². The van der Waals surface area contributed by atoms with Crippen LogP contribution in [0.1, 0.15) is 22.1 Å². The second-order valence-electron chi connectivity index (χ2n) is 9.23. The summed E-state index contributed by atoms with van der Waals surface area (Å²) in [5.74, 6) is 0.219. The van der Waals surface area contributed by atoms with Crippen molar-refractivity contribution >= 4 is 74.0 Å². The first-order chi connectivity index (χ1) is 19.6. The largest absolute Gasteiger partial charge is 0.286 e. The molecule has 0 aliphatic carbocycles. The van der Waals surface area contributed by atoms with Gasteiger partial charge in [0.05, 0.1) is 33.5 Å². The van der Waals surface area contributed by atoms with Gasteiger partial charge in [-0.2, -0.15) is 5.26 Å². The Morgan fingerprint density at radius 2 is 1.70 bits per heavy atom. The highest BCUT2D eigenvalue weighted by Gasteiger charge is 2.43. The minimum absolute atomic E-state index is 0.491. The lowest BCUT2D eigenvalue weighted by molar-refractivity contribution is 0.943. The number of thioether (sulfide) groups is 1. The number of hydrogen-bond donors (Lipinski definition) is 0. The molecule has 0 saturated heterocycles. The minimum Gasteiger partial charge on any atom is -0.286 e. The maximum absolute atomic E-state index is 10.7. The molecule has 1 aromatic heterocycles. The van der Waals surface area contributed by atoms with E-state index in [4.69, 9.17) is 33.2 Å². The maximum atomic E-state index is 10.7. The summed E-state index contributed by atoms with van der Waals surface area (Å²) >= 11 is 16.3. The van der Waals surface area contributed by atoms with Crippen molar-refractivity contribution in [2.24, 2.45) is 4.99 Å². The lowest BCUT2D eigenvalue weighted by Gasteiger charge is -2.33. The van der Waals surface area contributed by atoms with Crippen molar-refractivity contribution in [2.75, 3.05) is 4.90 Å². The summed E-state index contributed by atoms with van der Waals surface area (Å²) in [6.07, 6.45) is 1.86. The Hall–Kier alpha value is -3.86. The number of halogens is 2. The molecule has 5 aromatic rings. The monoisotopic (exact) mass is 592 g/mol. The number of thiazole rings is 1.